The van der Waals surface area contributed by atoms with Crippen molar-refractivity contribution in [3.63, 3.8) is 0 Å². The normalized spacial score (nSPS) is 21.1. The van der Waals surface area contributed by atoms with Crippen molar-refractivity contribution in [3.8, 4) is 6.07 Å². The van der Waals surface area contributed by atoms with Gasteiger partial charge in [0.1, 0.15) is 16.8 Å². The summed E-state index contributed by atoms with van der Waals surface area (Å²) in [6.07, 6.45) is 2.90. The van der Waals surface area contributed by atoms with E-state index in [1.165, 1.54) is 12.1 Å². The van der Waals surface area contributed by atoms with Crippen LogP contribution in [0, 0.1) is 17.1 Å². The molecule has 0 bridgehead atoms. The maximum absolute atomic E-state index is 13.0. The van der Waals surface area contributed by atoms with Gasteiger partial charge in [-0.05, 0) is 48.5 Å². The number of Topliss-reactive ketones (excluding diaryl/α,β-unsaturated/α-hetero) is 1. The maximum Gasteiger partial charge on any atom is 0.223 e. The lowest BCUT2D eigenvalue weighted by molar-refractivity contribution is -0.132. The molecule has 2 aliphatic heterocycles. The number of rotatable bonds is 4. The molecule has 126 valence electrons. The molecular weight excluding hydrogens is 327 g/mol. The maximum atomic E-state index is 13.0. The van der Waals surface area contributed by atoms with Crippen LogP contribution in [0.15, 0.2) is 24.3 Å². The lowest BCUT2D eigenvalue weighted by Gasteiger charge is -2.24. The highest BCUT2D eigenvalue weighted by Gasteiger charge is 2.38. The molecule has 2 saturated heterocycles. The van der Waals surface area contributed by atoms with E-state index in [1.54, 1.807) is 17.0 Å². The molecule has 6 heteroatoms. The third-order valence-electron chi connectivity index (χ3n) is 4.54. The number of nitriles is 1. The molecule has 4 nitrogen and oxygen atoms in total. The zero-order valence-electron chi connectivity index (χ0n) is 13.3. The average molecular weight is 346 g/mol. The van der Waals surface area contributed by atoms with E-state index in [4.69, 9.17) is 0 Å². The third-order valence-corrected chi connectivity index (χ3v) is 6.98. The Morgan fingerprint density at radius 2 is 1.96 bits per heavy atom. The summed E-state index contributed by atoms with van der Waals surface area (Å²) < 4.78 is 13.0. The van der Waals surface area contributed by atoms with Crippen molar-refractivity contribution in [1.82, 2.24) is 4.90 Å². The minimum Gasteiger partial charge on any atom is -0.328 e. The van der Waals surface area contributed by atoms with Crippen LogP contribution in [0.2, 0.25) is 0 Å². The van der Waals surface area contributed by atoms with Crippen LogP contribution in [-0.2, 0) is 16.1 Å². The van der Waals surface area contributed by atoms with Gasteiger partial charge in [-0.25, -0.2) is 4.39 Å². The predicted molar refractivity (Wildman–Crippen MR) is 92.2 cm³/mol. The Labute approximate surface area is 143 Å². The van der Waals surface area contributed by atoms with E-state index in [0.29, 0.717) is 17.7 Å². The van der Waals surface area contributed by atoms with E-state index >= 15 is 0 Å². The predicted octanol–water partition coefficient (Wildman–Crippen LogP) is 2.64. The van der Waals surface area contributed by atoms with Crippen molar-refractivity contribution in [1.29, 1.82) is 5.26 Å². The molecule has 2 heterocycles. The van der Waals surface area contributed by atoms with Crippen LogP contribution in [0.4, 0.5) is 4.39 Å². The number of hydrogen-bond acceptors (Lipinski definition) is 3. The monoisotopic (exact) mass is 346 g/mol. The molecule has 0 spiro atoms. The van der Waals surface area contributed by atoms with Crippen molar-refractivity contribution in [2.75, 3.05) is 11.5 Å². The van der Waals surface area contributed by atoms with Gasteiger partial charge < -0.3 is 4.90 Å². The number of carbonyl (C=O) groups is 2. The van der Waals surface area contributed by atoms with E-state index in [9.17, 15) is 19.2 Å². The summed E-state index contributed by atoms with van der Waals surface area (Å²) in [6, 6.07) is 7.50. The fourth-order valence-corrected chi connectivity index (χ4v) is 5.53. The van der Waals surface area contributed by atoms with Crippen LogP contribution in [-0.4, -0.2) is 39.0 Å². The Kier molecular flexibility index (Phi) is 5.10. The van der Waals surface area contributed by atoms with E-state index in [2.05, 4.69) is 6.07 Å². The minimum absolute atomic E-state index is 0.0790. The van der Waals surface area contributed by atoms with E-state index < -0.39 is 6.04 Å². The van der Waals surface area contributed by atoms with E-state index in [0.717, 1.165) is 29.9 Å². The highest BCUT2D eigenvalue weighted by molar-refractivity contribution is 8.17. The van der Waals surface area contributed by atoms with Crippen LogP contribution >= 0.6 is 10.5 Å². The van der Waals surface area contributed by atoms with Crippen LogP contribution in [0.5, 0.6) is 0 Å². The van der Waals surface area contributed by atoms with E-state index in [-0.39, 0.29) is 34.5 Å². The Morgan fingerprint density at radius 3 is 2.58 bits per heavy atom. The van der Waals surface area contributed by atoms with Gasteiger partial charge in [0.15, 0.2) is 0 Å². The summed E-state index contributed by atoms with van der Waals surface area (Å²) >= 11 is 0. The Morgan fingerprint density at radius 1 is 1.29 bits per heavy atom. The quantitative estimate of drug-likeness (QED) is 0.788. The van der Waals surface area contributed by atoms with Crippen molar-refractivity contribution >= 4 is 27.0 Å². The summed E-state index contributed by atoms with van der Waals surface area (Å²) in [5.74, 6) is 1.22. The number of halogens is 1. The molecule has 0 saturated carbocycles. The first-order valence-electron chi connectivity index (χ1n) is 8.13. The van der Waals surface area contributed by atoms with Crippen LogP contribution in [0.25, 0.3) is 0 Å². The molecule has 1 unspecified atom stereocenters. The molecule has 1 aromatic rings. The van der Waals surface area contributed by atoms with Crippen LogP contribution < -0.4 is 0 Å². The highest BCUT2D eigenvalue weighted by atomic mass is 32.2. The van der Waals surface area contributed by atoms with Gasteiger partial charge in [0.25, 0.3) is 0 Å². The second-order valence-corrected chi connectivity index (χ2v) is 8.33. The number of likely N-dealkylation sites (tertiary alicyclic amines) is 1. The molecular formula is C18H19FN2O2S. The zero-order chi connectivity index (χ0) is 17.1. The van der Waals surface area contributed by atoms with Gasteiger partial charge in [-0.2, -0.15) is 15.7 Å². The van der Waals surface area contributed by atoms with Crippen molar-refractivity contribution in [3.05, 3.63) is 35.6 Å². The summed E-state index contributed by atoms with van der Waals surface area (Å²) in [5.41, 5.74) is 0.784. The smallest absolute Gasteiger partial charge is 0.223 e. The molecule has 0 aromatic heterocycles. The van der Waals surface area contributed by atoms with Gasteiger partial charge in [-0.1, -0.05) is 12.1 Å². The molecule has 1 atom stereocenters. The van der Waals surface area contributed by atoms with Gasteiger partial charge in [-0.3, -0.25) is 9.59 Å². The first kappa shape index (κ1) is 16.8. The molecule has 3 rings (SSSR count). The largest absolute Gasteiger partial charge is 0.328 e. The van der Waals surface area contributed by atoms with Crippen LogP contribution in [0.3, 0.4) is 0 Å². The molecule has 1 amide bonds. The summed E-state index contributed by atoms with van der Waals surface area (Å²) in [5, 5.41) is 9.44. The lowest BCUT2D eigenvalue weighted by Crippen LogP contribution is -2.41. The SMILES string of the molecule is N#CC(C(=O)C1CCC(=O)N1Cc1ccc(F)cc1)=S1CCCC1. The second-order valence-electron chi connectivity index (χ2n) is 6.12. The number of hydrogen-bond donors (Lipinski definition) is 0. The summed E-state index contributed by atoms with van der Waals surface area (Å²) in [6.45, 7) is 0.280. The number of benzene rings is 1. The molecule has 0 aliphatic carbocycles. The highest BCUT2D eigenvalue weighted by Crippen LogP contribution is 2.30. The second kappa shape index (κ2) is 7.27. The number of nitrogens with zero attached hydrogens (tertiary/aromatic N) is 2. The van der Waals surface area contributed by atoms with Gasteiger partial charge in [0, 0.05) is 13.0 Å². The van der Waals surface area contributed by atoms with Crippen molar-refractivity contribution in [2.45, 2.75) is 38.3 Å². The summed E-state index contributed by atoms with van der Waals surface area (Å²) in [4.78, 5) is 27.0. The fourth-order valence-electron chi connectivity index (χ4n) is 3.26. The zero-order valence-corrected chi connectivity index (χ0v) is 14.2. The molecule has 0 radical (unpaired) electrons. The minimum atomic E-state index is -0.551. The Balaban J connectivity index is 1.82. The Bertz CT molecular complexity index is 728. The molecule has 0 N–H and O–H groups in total. The van der Waals surface area contributed by atoms with Crippen molar-refractivity contribution < 1.29 is 14.0 Å². The first-order chi connectivity index (χ1) is 11.6. The van der Waals surface area contributed by atoms with Gasteiger partial charge in [-0.15, -0.1) is 0 Å². The number of ketones is 1. The van der Waals surface area contributed by atoms with Crippen LogP contribution in [0.1, 0.15) is 31.2 Å². The fraction of sp³-hybridized carbons (Fsp3) is 0.444. The topological polar surface area (TPSA) is 61.2 Å². The molecule has 2 aliphatic rings. The van der Waals surface area contributed by atoms with Gasteiger partial charge >= 0.3 is 0 Å². The third kappa shape index (κ3) is 3.41. The molecule has 2 fully saturated rings. The molecule has 1 aromatic carbocycles. The van der Waals surface area contributed by atoms with Crippen molar-refractivity contribution in [2.24, 2.45) is 0 Å². The molecule has 24 heavy (non-hydrogen) atoms. The number of carbonyl (C=O) groups excluding carboxylic acids is 2. The van der Waals surface area contributed by atoms with Gasteiger partial charge in [0.05, 0.1) is 6.04 Å². The lowest BCUT2D eigenvalue weighted by atomic mass is 10.1. The average Bonchev–Trinajstić information content (AvgIpc) is 3.21. The number of amides is 1. The first-order valence-corrected chi connectivity index (χ1v) is 9.69. The standard InChI is InChI=1S/C18H19FN2O2S/c19-14-5-3-13(4-6-14)12-21-15(7-8-17(21)22)18(23)16(11-20)24-9-1-2-10-24/h3-6,15H,1-2,7-10,12H2. The van der Waals surface area contributed by atoms with E-state index in [1.807, 2.05) is 0 Å². The van der Waals surface area contributed by atoms with Gasteiger partial charge in [0.2, 0.25) is 11.7 Å². The Hall–Kier alpha value is -2.00. The summed E-state index contributed by atoms with van der Waals surface area (Å²) in [7, 11) is -0.248.